The normalized spacial score (nSPS) is 11.2. The second kappa shape index (κ2) is 9.22. The van der Waals surface area contributed by atoms with Crippen LogP contribution in [0.15, 0.2) is 58.0 Å². The van der Waals surface area contributed by atoms with Crippen molar-refractivity contribution in [2.75, 3.05) is 18.9 Å². The van der Waals surface area contributed by atoms with Gasteiger partial charge in [-0.25, -0.2) is 0 Å². The third-order valence-electron chi connectivity index (χ3n) is 3.69. The average molecular weight is 403 g/mol. The summed E-state index contributed by atoms with van der Waals surface area (Å²) >= 11 is 3.50. The van der Waals surface area contributed by atoms with E-state index < -0.39 is 0 Å². The van der Waals surface area contributed by atoms with E-state index >= 15 is 0 Å². The summed E-state index contributed by atoms with van der Waals surface area (Å²) in [5.74, 6) is 0.342. The monoisotopic (exact) mass is 402 g/mol. The Labute approximate surface area is 157 Å². The molecule has 0 radical (unpaired) electrons. The largest absolute Gasteiger partial charge is 0.370 e. The van der Waals surface area contributed by atoms with Gasteiger partial charge in [-0.1, -0.05) is 46.3 Å². The molecule has 0 spiro atoms. The number of nitrogens with one attached hydrogen (secondary N) is 1. The van der Waals surface area contributed by atoms with E-state index in [1.807, 2.05) is 55.5 Å². The van der Waals surface area contributed by atoms with Crippen molar-refractivity contribution in [2.24, 2.45) is 10.7 Å². The molecule has 132 valence electrons. The van der Waals surface area contributed by atoms with E-state index in [2.05, 4.69) is 26.2 Å². The Bertz CT molecular complexity index is 761. The molecular weight excluding hydrogens is 380 g/mol. The minimum Gasteiger partial charge on any atom is -0.370 e. The molecule has 2 rings (SSSR count). The third-order valence-corrected chi connectivity index (χ3v) is 4.46. The van der Waals surface area contributed by atoms with Crippen LogP contribution in [0.2, 0.25) is 0 Å². The maximum atomic E-state index is 12.2. The van der Waals surface area contributed by atoms with Gasteiger partial charge in [0, 0.05) is 30.2 Å². The van der Waals surface area contributed by atoms with Crippen LogP contribution in [0.4, 0.5) is 5.69 Å². The molecule has 1 amide bonds. The average Bonchev–Trinajstić information content (AvgIpc) is 2.56. The third kappa shape index (κ3) is 6.23. The lowest BCUT2D eigenvalue weighted by Crippen LogP contribution is -2.28. The van der Waals surface area contributed by atoms with E-state index in [0.29, 0.717) is 25.5 Å². The van der Waals surface area contributed by atoms with Crippen LogP contribution >= 0.6 is 15.9 Å². The number of aryl methyl sites for hydroxylation is 1. The van der Waals surface area contributed by atoms with Crippen LogP contribution in [0.5, 0.6) is 0 Å². The Morgan fingerprint density at radius 3 is 2.72 bits per heavy atom. The highest BCUT2D eigenvalue weighted by molar-refractivity contribution is 9.10. The number of carbonyl (C=O) groups excluding carboxylic acids is 1. The number of hydrogen-bond donors (Lipinski definition) is 2. The zero-order valence-corrected chi connectivity index (χ0v) is 16.1. The van der Waals surface area contributed by atoms with E-state index in [1.54, 1.807) is 11.9 Å². The summed E-state index contributed by atoms with van der Waals surface area (Å²) in [5.41, 5.74) is 8.97. The fourth-order valence-electron chi connectivity index (χ4n) is 2.34. The summed E-state index contributed by atoms with van der Waals surface area (Å²) in [6.07, 6.45) is 0.317. The number of nitrogens with two attached hydrogens (primary N) is 1. The Hall–Kier alpha value is -2.34. The second-order valence-corrected chi connectivity index (χ2v) is 6.71. The van der Waals surface area contributed by atoms with Crippen LogP contribution in [-0.4, -0.2) is 30.4 Å². The first-order valence-electron chi connectivity index (χ1n) is 8.06. The van der Waals surface area contributed by atoms with Crippen molar-refractivity contribution in [1.82, 2.24) is 4.90 Å². The molecule has 0 aliphatic heterocycles. The van der Waals surface area contributed by atoms with Crippen LogP contribution < -0.4 is 11.1 Å². The van der Waals surface area contributed by atoms with Gasteiger partial charge in [-0.15, -0.1) is 0 Å². The molecular formula is C19H23BrN4O. The first-order valence-corrected chi connectivity index (χ1v) is 8.86. The maximum absolute atomic E-state index is 12.2. The molecule has 2 aromatic carbocycles. The first kappa shape index (κ1) is 19.0. The van der Waals surface area contributed by atoms with E-state index in [4.69, 9.17) is 5.73 Å². The number of guanidine groups is 1. The Morgan fingerprint density at radius 1 is 1.24 bits per heavy atom. The van der Waals surface area contributed by atoms with Gasteiger partial charge < -0.3 is 16.0 Å². The molecule has 25 heavy (non-hydrogen) atoms. The highest BCUT2D eigenvalue weighted by atomic mass is 79.9. The molecule has 0 atom stereocenters. The molecule has 0 unspecified atom stereocenters. The lowest BCUT2D eigenvalue weighted by atomic mass is 10.2. The SMILES string of the molecule is Cc1cccc(NC(N)=NCCC(=O)N(C)Cc2ccccc2Br)c1. The second-order valence-electron chi connectivity index (χ2n) is 5.85. The van der Waals surface area contributed by atoms with Gasteiger partial charge in [-0.2, -0.15) is 0 Å². The molecule has 0 aliphatic rings. The smallest absolute Gasteiger partial charge is 0.224 e. The minimum atomic E-state index is 0.0304. The van der Waals surface area contributed by atoms with Crippen LogP contribution in [0.1, 0.15) is 17.5 Å². The van der Waals surface area contributed by atoms with Gasteiger partial charge in [0.05, 0.1) is 6.54 Å². The van der Waals surface area contributed by atoms with E-state index in [9.17, 15) is 4.79 Å². The fourth-order valence-corrected chi connectivity index (χ4v) is 2.75. The van der Waals surface area contributed by atoms with Crippen LogP contribution in [0, 0.1) is 6.92 Å². The van der Waals surface area contributed by atoms with Crippen molar-refractivity contribution >= 4 is 33.5 Å². The predicted molar refractivity (Wildman–Crippen MR) is 107 cm³/mol. The summed E-state index contributed by atoms with van der Waals surface area (Å²) in [7, 11) is 1.79. The molecule has 0 saturated carbocycles. The number of amides is 1. The van der Waals surface area contributed by atoms with Gasteiger partial charge in [0.1, 0.15) is 0 Å². The molecule has 0 aromatic heterocycles. The van der Waals surface area contributed by atoms with Gasteiger partial charge >= 0.3 is 0 Å². The van der Waals surface area contributed by atoms with Crippen molar-refractivity contribution in [3.63, 3.8) is 0 Å². The summed E-state index contributed by atoms with van der Waals surface area (Å²) in [6, 6.07) is 15.7. The standard InChI is InChI=1S/C19H23BrN4O/c1-14-6-5-8-16(12-14)23-19(21)22-11-10-18(25)24(2)13-15-7-3-4-9-17(15)20/h3-9,12H,10-11,13H2,1-2H3,(H3,21,22,23). The van der Waals surface area contributed by atoms with Crippen LogP contribution in [0.25, 0.3) is 0 Å². The number of nitrogens with zero attached hydrogens (tertiary/aromatic N) is 2. The van der Waals surface area contributed by atoms with Crippen molar-refractivity contribution in [2.45, 2.75) is 19.9 Å². The first-order chi connectivity index (χ1) is 12.0. The fraction of sp³-hybridized carbons (Fsp3) is 0.263. The molecule has 3 N–H and O–H groups in total. The van der Waals surface area contributed by atoms with Gasteiger partial charge in [0.25, 0.3) is 0 Å². The Kier molecular flexibility index (Phi) is 7.01. The highest BCUT2D eigenvalue weighted by Crippen LogP contribution is 2.17. The maximum Gasteiger partial charge on any atom is 0.224 e. The summed E-state index contributed by atoms with van der Waals surface area (Å²) in [4.78, 5) is 18.1. The van der Waals surface area contributed by atoms with E-state index in [0.717, 1.165) is 21.3 Å². The Morgan fingerprint density at radius 2 is 2.00 bits per heavy atom. The quantitative estimate of drug-likeness (QED) is 0.573. The number of halogens is 1. The van der Waals surface area contributed by atoms with Crippen molar-refractivity contribution in [1.29, 1.82) is 0 Å². The van der Waals surface area contributed by atoms with Gasteiger partial charge in [0.2, 0.25) is 5.91 Å². The van der Waals surface area contributed by atoms with Crippen LogP contribution in [-0.2, 0) is 11.3 Å². The van der Waals surface area contributed by atoms with Crippen LogP contribution in [0.3, 0.4) is 0 Å². The van der Waals surface area contributed by atoms with Gasteiger partial charge in [0.15, 0.2) is 5.96 Å². The van der Waals surface area contributed by atoms with Crippen molar-refractivity contribution < 1.29 is 4.79 Å². The molecule has 2 aromatic rings. The predicted octanol–water partition coefficient (Wildman–Crippen LogP) is 3.53. The zero-order chi connectivity index (χ0) is 18.2. The number of rotatable bonds is 6. The summed E-state index contributed by atoms with van der Waals surface area (Å²) < 4.78 is 0.999. The molecule has 0 saturated heterocycles. The summed E-state index contributed by atoms with van der Waals surface area (Å²) in [5, 5.41) is 3.03. The lowest BCUT2D eigenvalue weighted by Gasteiger charge is -2.17. The van der Waals surface area contributed by atoms with Crippen molar-refractivity contribution in [3.05, 3.63) is 64.1 Å². The van der Waals surface area contributed by atoms with Crippen molar-refractivity contribution in [3.8, 4) is 0 Å². The summed E-state index contributed by atoms with van der Waals surface area (Å²) in [6.45, 7) is 2.92. The number of anilines is 1. The minimum absolute atomic E-state index is 0.0304. The molecule has 0 fully saturated rings. The van der Waals surface area contributed by atoms with Gasteiger partial charge in [-0.3, -0.25) is 9.79 Å². The van der Waals surface area contributed by atoms with Gasteiger partial charge in [-0.05, 0) is 36.2 Å². The molecule has 5 nitrogen and oxygen atoms in total. The molecule has 0 heterocycles. The number of aliphatic imine (C=N–C) groups is 1. The number of hydrogen-bond acceptors (Lipinski definition) is 2. The Balaban J connectivity index is 1.81. The molecule has 0 aliphatic carbocycles. The van der Waals surface area contributed by atoms with E-state index in [1.165, 1.54) is 0 Å². The molecule has 0 bridgehead atoms. The topological polar surface area (TPSA) is 70.7 Å². The lowest BCUT2D eigenvalue weighted by molar-refractivity contribution is -0.130. The number of carbonyl (C=O) groups is 1. The van der Waals surface area contributed by atoms with E-state index in [-0.39, 0.29) is 5.91 Å². The zero-order valence-electron chi connectivity index (χ0n) is 14.5. The number of benzene rings is 2. The molecule has 6 heteroatoms. The highest BCUT2D eigenvalue weighted by Gasteiger charge is 2.10.